The van der Waals surface area contributed by atoms with E-state index < -0.39 is 0 Å². The zero-order valence-electron chi connectivity index (χ0n) is 12.1. The first kappa shape index (κ1) is 13.9. The Morgan fingerprint density at radius 1 is 1.05 bits per heavy atom. The third-order valence-electron chi connectivity index (χ3n) is 3.33. The first-order valence-electron chi connectivity index (χ1n) is 6.81. The predicted molar refractivity (Wildman–Crippen MR) is 88.8 cm³/mol. The van der Waals surface area contributed by atoms with Gasteiger partial charge in [0, 0.05) is 11.8 Å². The molecule has 0 aliphatic heterocycles. The highest BCUT2D eigenvalue weighted by atomic mass is 16.5. The van der Waals surface area contributed by atoms with Crippen LogP contribution in [-0.2, 0) is 0 Å². The van der Waals surface area contributed by atoms with Crippen LogP contribution in [0.15, 0.2) is 57.7 Å². The summed E-state index contributed by atoms with van der Waals surface area (Å²) in [6, 6.07) is 14.1. The fourth-order valence-electron chi connectivity index (χ4n) is 2.15. The Kier molecular flexibility index (Phi) is 3.66. The van der Waals surface area contributed by atoms with Crippen LogP contribution in [0, 0.1) is 0 Å². The van der Waals surface area contributed by atoms with Gasteiger partial charge in [-0.05, 0) is 42.0 Å². The topological polar surface area (TPSA) is 65.5 Å². The van der Waals surface area contributed by atoms with Gasteiger partial charge in [0.1, 0.15) is 17.1 Å². The van der Waals surface area contributed by atoms with E-state index in [-0.39, 0.29) is 5.43 Å². The maximum absolute atomic E-state index is 12.2. The van der Waals surface area contributed by atoms with Crippen LogP contribution >= 0.6 is 0 Å². The highest BCUT2D eigenvalue weighted by Crippen LogP contribution is 2.20. The molecule has 0 atom stereocenters. The Morgan fingerprint density at radius 3 is 2.55 bits per heavy atom. The number of methoxy groups -OCH3 is 1. The van der Waals surface area contributed by atoms with Crippen molar-refractivity contribution in [3.05, 3.63) is 70.1 Å². The fourth-order valence-corrected chi connectivity index (χ4v) is 2.15. The summed E-state index contributed by atoms with van der Waals surface area (Å²) in [5, 5.41) is 0.504. The van der Waals surface area contributed by atoms with Crippen LogP contribution in [-0.4, -0.2) is 7.11 Å². The molecule has 22 heavy (non-hydrogen) atoms. The standard InChI is InChI=1S/C18H15NO3/c1-21-14-8-9-18-16(10-14)17(20)11-15(22-18)7-4-12-2-5-13(19)6-3-12/h2-11H,19H2,1H3/b7-4+. The lowest BCUT2D eigenvalue weighted by atomic mass is 10.1. The SMILES string of the molecule is COc1ccc2oc(/C=C/c3ccc(N)cc3)cc(=O)c2c1. The second kappa shape index (κ2) is 5.77. The molecule has 1 heterocycles. The second-order valence-electron chi connectivity index (χ2n) is 4.88. The summed E-state index contributed by atoms with van der Waals surface area (Å²) in [6.45, 7) is 0. The highest BCUT2D eigenvalue weighted by Gasteiger charge is 2.04. The van der Waals surface area contributed by atoms with Crippen LogP contribution in [0.3, 0.4) is 0 Å². The van der Waals surface area contributed by atoms with Crippen molar-refractivity contribution in [2.24, 2.45) is 0 Å². The summed E-state index contributed by atoms with van der Waals surface area (Å²) in [6.07, 6.45) is 3.63. The smallest absolute Gasteiger partial charge is 0.193 e. The van der Waals surface area contributed by atoms with Crippen LogP contribution in [0.2, 0.25) is 0 Å². The summed E-state index contributed by atoms with van der Waals surface area (Å²) >= 11 is 0. The second-order valence-corrected chi connectivity index (χ2v) is 4.88. The Hall–Kier alpha value is -3.01. The third kappa shape index (κ3) is 2.86. The summed E-state index contributed by atoms with van der Waals surface area (Å²) in [7, 11) is 1.56. The van der Waals surface area contributed by atoms with Gasteiger partial charge in [-0.3, -0.25) is 4.79 Å². The Labute approximate surface area is 127 Å². The van der Waals surface area contributed by atoms with Gasteiger partial charge in [-0.2, -0.15) is 0 Å². The highest BCUT2D eigenvalue weighted by molar-refractivity contribution is 5.79. The molecule has 0 amide bonds. The first-order chi connectivity index (χ1) is 10.7. The molecular formula is C18H15NO3. The van der Waals surface area contributed by atoms with Crippen molar-refractivity contribution in [2.45, 2.75) is 0 Å². The van der Waals surface area contributed by atoms with Crippen LogP contribution in [0.4, 0.5) is 5.69 Å². The van der Waals surface area contributed by atoms with E-state index in [2.05, 4.69) is 0 Å². The summed E-state index contributed by atoms with van der Waals surface area (Å²) in [5.74, 6) is 1.13. The summed E-state index contributed by atoms with van der Waals surface area (Å²) in [4.78, 5) is 12.2. The van der Waals surface area contributed by atoms with Gasteiger partial charge in [0.2, 0.25) is 0 Å². The number of benzene rings is 2. The molecule has 0 radical (unpaired) electrons. The fraction of sp³-hybridized carbons (Fsp3) is 0.0556. The van der Waals surface area contributed by atoms with Gasteiger partial charge in [-0.1, -0.05) is 18.2 Å². The van der Waals surface area contributed by atoms with Crippen molar-refractivity contribution in [1.82, 2.24) is 0 Å². The molecule has 0 saturated heterocycles. The van der Waals surface area contributed by atoms with Crippen LogP contribution < -0.4 is 15.9 Å². The minimum Gasteiger partial charge on any atom is -0.497 e. The lowest BCUT2D eigenvalue weighted by molar-refractivity contribution is 0.415. The lowest BCUT2D eigenvalue weighted by Gasteiger charge is -2.02. The minimum absolute atomic E-state index is 0.0999. The van der Waals surface area contributed by atoms with Crippen LogP contribution in [0.5, 0.6) is 5.75 Å². The number of fused-ring (bicyclic) bond motifs is 1. The molecule has 0 unspecified atom stereocenters. The molecule has 4 heteroatoms. The van der Waals surface area contributed by atoms with E-state index in [1.165, 1.54) is 6.07 Å². The van der Waals surface area contributed by atoms with Crippen molar-refractivity contribution < 1.29 is 9.15 Å². The van der Waals surface area contributed by atoms with Crippen molar-refractivity contribution in [3.8, 4) is 5.75 Å². The number of rotatable bonds is 3. The van der Waals surface area contributed by atoms with Crippen LogP contribution in [0.1, 0.15) is 11.3 Å². The van der Waals surface area contributed by atoms with Gasteiger partial charge in [-0.25, -0.2) is 0 Å². The quantitative estimate of drug-likeness (QED) is 0.750. The van der Waals surface area contributed by atoms with Crippen molar-refractivity contribution >= 4 is 28.8 Å². The van der Waals surface area contributed by atoms with E-state index in [0.29, 0.717) is 28.2 Å². The van der Waals surface area contributed by atoms with Crippen molar-refractivity contribution in [1.29, 1.82) is 0 Å². The van der Waals surface area contributed by atoms with Gasteiger partial charge in [0.15, 0.2) is 5.43 Å². The third-order valence-corrected chi connectivity index (χ3v) is 3.33. The van der Waals surface area contributed by atoms with Gasteiger partial charge >= 0.3 is 0 Å². The van der Waals surface area contributed by atoms with Crippen molar-refractivity contribution in [3.63, 3.8) is 0 Å². The van der Waals surface area contributed by atoms with Gasteiger partial charge in [-0.15, -0.1) is 0 Å². The van der Waals surface area contributed by atoms with E-state index >= 15 is 0 Å². The number of anilines is 1. The molecule has 1 aromatic heterocycles. The molecular weight excluding hydrogens is 278 g/mol. The zero-order valence-corrected chi connectivity index (χ0v) is 12.1. The Morgan fingerprint density at radius 2 is 1.82 bits per heavy atom. The molecule has 0 aliphatic rings. The Bertz CT molecular complexity index is 892. The van der Waals surface area contributed by atoms with Crippen LogP contribution in [0.25, 0.3) is 23.1 Å². The molecule has 4 nitrogen and oxygen atoms in total. The average molecular weight is 293 g/mol. The molecule has 3 aromatic rings. The van der Waals surface area contributed by atoms with E-state index in [1.54, 1.807) is 31.4 Å². The predicted octanol–water partition coefficient (Wildman–Crippen LogP) is 3.55. The molecule has 3 rings (SSSR count). The molecule has 0 spiro atoms. The molecule has 0 fully saturated rings. The first-order valence-corrected chi connectivity index (χ1v) is 6.81. The van der Waals surface area contributed by atoms with Gasteiger partial charge < -0.3 is 14.9 Å². The average Bonchev–Trinajstić information content (AvgIpc) is 2.54. The summed E-state index contributed by atoms with van der Waals surface area (Å²) < 4.78 is 10.8. The maximum Gasteiger partial charge on any atom is 0.193 e. The molecule has 2 N–H and O–H groups in total. The van der Waals surface area contributed by atoms with Gasteiger partial charge in [0.05, 0.1) is 12.5 Å². The summed E-state index contributed by atoms with van der Waals surface area (Å²) in [5.41, 5.74) is 7.77. The number of hydrogen-bond acceptors (Lipinski definition) is 4. The molecule has 2 aromatic carbocycles. The zero-order chi connectivity index (χ0) is 15.5. The number of ether oxygens (including phenoxy) is 1. The van der Waals surface area contributed by atoms with E-state index in [1.807, 2.05) is 30.3 Å². The van der Waals surface area contributed by atoms with Crippen molar-refractivity contribution in [2.75, 3.05) is 12.8 Å². The number of nitrogen functional groups attached to an aromatic ring is 1. The Balaban J connectivity index is 1.98. The van der Waals surface area contributed by atoms with Gasteiger partial charge in [0.25, 0.3) is 0 Å². The maximum atomic E-state index is 12.2. The monoisotopic (exact) mass is 293 g/mol. The molecule has 0 saturated carbocycles. The normalized spacial score (nSPS) is 11.1. The number of nitrogens with two attached hydrogens (primary N) is 1. The number of hydrogen-bond donors (Lipinski definition) is 1. The molecule has 0 bridgehead atoms. The minimum atomic E-state index is -0.0999. The van der Waals surface area contributed by atoms with E-state index in [4.69, 9.17) is 14.9 Å². The van der Waals surface area contributed by atoms with E-state index in [0.717, 1.165) is 5.56 Å². The van der Waals surface area contributed by atoms with E-state index in [9.17, 15) is 4.79 Å². The largest absolute Gasteiger partial charge is 0.497 e. The molecule has 0 aliphatic carbocycles. The lowest BCUT2D eigenvalue weighted by Crippen LogP contribution is -2.00. The molecule has 110 valence electrons.